The number of nitrogens with one attached hydrogen (secondary N) is 1. The van der Waals surface area contributed by atoms with E-state index in [1.807, 2.05) is 13.1 Å². The number of benzene rings is 1. The number of nitro groups is 1. The van der Waals surface area contributed by atoms with Crippen molar-refractivity contribution in [1.29, 1.82) is 0 Å². The second kappa shape index (κ2) is 6.31. The van der Waals surface area contributed by atoms with Crippen LogP contribution >= 0.6 is 11.6 Å². The third kappa shape index (κ3) is 3.43. The molecule has 0 unspecified atom stereocenters. The van der Waals surface area contributed by atoms with Crippen LogP contribution in [0.5, 0.6) is 11.6 Å². The van der Waals surface area contributed by atoms with Gasteiger partial charge in [-0.2, -0.15) is 0 Å². The van der Waals surface area contributed by atoms with Gasteiger partial charge in [-0.15, -0.1) is 0 Å². The summed E-state index contributed by atoms with van der Waals surface area (Å²) in [7, 11) is 1.85. The van der Waals surface area contributed by atoms with Crippen LogP contribution in [0.2, 0.25) is 5.02 Å². The maximum atomic E-state index is 10.6. The zero-order chi connectivity index (χ0) is 14.5. The van der Waals surface area contributed by atoms with Gasteiger partial charge in [0.1, 0.15) is 5.75 Å². The van der Waals surface area contributed by atoms with Crippen LogP contribution in [0.15, 0.2) is 36.5 Å². The smallest absolute Gasteiger partial charge is 0.271 e. The SMILES string of the molecule is CNCc1ccc(Oc2ccc([N+](=O)[O-])cc2Cl)nc1. The minimum atomic E-state index is -0.513. The predicted octanol–water partition coefficient (Wildman–Crippen LogP) is 3.15. The number of ether oxygens (including phenoxy) is 1. The Morgan fingerprint density at radius 2 is 2.20 bits per heavy atom. The molecular formula is C13H12ClN3O3. The molecule has 0 bridgehead atoms. The third-order valence-corrected chi connectivity index (χ3v) is 2.81. The number of nitrogens with zero attached hydrogens (tertiary/aromatic N) is 2. The molecule has 6 nitrogen and oxygen atoms in total. The fourth-order valence-electron chi connectivity index (χ4n) is 1.58. The number of pyridine rings is 1. The Bertz CT molecular complexity index is 617. The van der Waals surface area contributed by atoms with Crippen molar-refractivity contribution >= 4 is 17.3 Å². The average molecular weight is 294 g/mol. The number of rotatable bonds is 5. The molecule has 0 spiro atoms. The molecule has 0 amide bonds. The Morgan fingerprint density at radius 3 is 2.75 bits per heavy atom. The molecule has 0 saturated carbocycles. The van der Waals surface area contributed by atoms with E-state index in [0.717, 1.165) is 5.56 Å². The first-order chi connectivity index (χ1) is 9.60. The van der Waals surface area contributed by atoms with Gasteiger partial charge in [0, 0.05) is 30.9 Å². The van der Waals surface area contributed by atoms with Crippen molar-refractivity contribution in [3.8, 4) is 11.6 Å². The van der Waals surface area contributed by atoms with Gasteiger partial charge in [-0.1, -0.05) is 17.7 Å². The summed E-state index contributed by atoms with van der Waals surface area (Å²) in [6, 6.07) is 7.61. The zero-order valence-electron chi connectivity index (χ0n) is 10.7. The summed E-state index contributed by atoms with van der Waals surface area (Å²) in [5.74, 6) is 0.701. The van der Waals surface area contributed by atoms with E-state index < -0.39 is 4.92 Å². The van der Waals surface area contributed by atoms with Crippen molar-refractivity contribution in [2.75, 3.05) is 7.05 Å². The monoisotopic (exact) mass is 293 g/mol. The van der Waals surface area contributed by atoms with E-state index in [0.29, 0.717) is 18.2 Å². The van der Waals surface area contributed by atoms with Crippen molar-refractivity contribution in [2.45, 2.75) is 6.54 Å². The van der Waals surface area contributed by atoms with Gasteiger partial charge in [-0.3, -0.25) is 10.1 Å². The zero-order valence-corrected chi connectivity index (χ0v) is 11.4. The summed E-state index contributed by atoms with van der Waals surface area (Å²) < 4.78 is 5.49. The molecule has 2 aromatic rings. The molecular weight excluding hydrogens is 282 g/mol. The maximum absolute atomic E-state index is 10.6. The molecule has 0 aliphatic heterocycles. The van der Waals surface area contributed by atoms with Gasteiger partial charge in [-0.05, 0) is 18.7 Å². The summed E-state index contributed by atoms with van der Waals surface area (Å²) in [4.78, 5) is 14.2. The van der Waals surface area contributed by atoms with Gasteiger partial charge < -0.3 is 10.1 Å². The Hall–Kier alpha value is -2.18. The third-order valence-electron chi connectivity index (χ3n) is 2.52. The van der Waals surface area contributed by atoms with Crippen LogP contribution in [0.3, 0.4) is 0 Å². The fraction of sp³-hybridized carbons (Fsp3) is 0.154. The standard InChI is InChI=1S/C13H12ClN3O3/c1-15-7-9-2-5-13(16-8-9)20-12-4-3-10(17(18)19)6-11(12)14/h2-6,8,15H,7H2,1H3. The van der Waals surface area contributed by atoms with Gasteiger partial charge in [-0.25, -0.2) is 4.98 Å². The quantitative estimate of drug-likeness (QED) is 0.677. The van der Waals surface area contributed by atoms with Crippen LogP contribution in [0.4, 0.5) is 5.69 Å². The highest BCUT2D eigenvalue weighted by Crippen LogP contribution is 2.31. The summed E-state index contributed by atoms with van der Waals surface area (Å²) in [5.41, 5.74) is 0.939. The van der Waals surface area contributed by atoms with Gasteiger partial charge >= 0.3 is 0 Å². The number of hydrogen-bond acceptors (Lipinski definition) is 5. The number of nitro benzene ring substituents is 1. The van der Waals surface area contributed by atoms with Crippen molar-refractivity contribution < 1.29 is 9.66 Å². The molecule has 2 rings (SSSR count). The van der Waals surface area contributed by atoms with Crippen molar-refractivity contribution in [3.63, 3.8) is 0 Å². The molecule has 1 heterocycles. The van der Waals surface area contributed by atoms with E-state index in [4.69, 9.17) is 16.3 Å². The molecule has 1 aromatic heterocycles. The van der Waals surface area contributed by atoms with Gasteiger partial charge in [0.25, 0.3) is 5.69 Å². The number of hydrogen-bond donors (Lipinski definition) is 1. The number of aromatic nitrogens is 1. The minimum Gasteiger partial charge on any atom is -0.437 e. The summed E-state index contributed by atoms with van der Waals surface area (Å²) >= 11 is 5.94. The minimum absolute atomic E-state index is 0.0836. The molecule has 0 aliphatic carbocycles. The fourth-order valence-corrected chi connectivity index (χ4v) is 1.79. The molecule has 0 aliphatic rings. The van der Waals surface area contributed by atoms with Crippen LogP contribution in [-0.4, -0.2) is 17.0 Å². The van der Waals surface area contributed by atoms with E-state index in [2.05, 4.69) is 10.3 Å². The van der Waals surface area contributed by atoms with E-state index in [1.54, 1.807) is 12.3 Å². The molecule has 1 aromatic carbocycles. The van der Waals surface area contributed by atoms with E-state index in [1.165, 1.54) is 18.2 Å². The van der Waals surface area contributed by atoms with Crippen LogP contribution in [-0.2, 0) is 6.54 Å². The average Bonchev–Trinajstić information content (AvgIpc) is 2.43. The first kappa shape index (κ1) is 14.2. The Kier molecular flexibility index (Phi) is 4.49. The van der Waals surface area contributed by atoms with Crippen LogP contribution in [0.1, 0.15) is 5.56 Å². The number of halogens is 1. The Balaban J connectivity index is 2.15. The Morgan fingerprint density at radius 1 is 1.40 bits per heavy atom. The number of non-ortho nitro benzene ring substituents is 1. The normalized spacial score (nSPS) is 10.3. The van der Waals surface area contributed by atoms with Crippen LogP contribution in [0, 0.1) is 10.1 Å². The van der Waals surface area contributed by atoms with Gasteiger partial charge in [0.05, 0.1) is 9.95 Å². The lowest BCUT2D eigenvalue weighted by Crippen LogP contribution is -2.05. The first-order valence-electron chi connectivity index (χ1n) is 5.81. The molecule has 104 valence electrons. The second-order valence-corrected chi connectivity index (χ2v) is 4.42. The summed E-state index contributed by atoms with van der Waals surface area (Å²) in [5, 5.41) is 13.8. The molecule has 0 saturated heterocycles. The van der Waals surface area contributed by atoms with Gasteiger partial charge in [0.15, 0.2) is 0 Å². The topological polar surface area (TPSA) is 77.3 Å². The lowest BCUT2D eigenvalue weighted by molar-refractivity contribution is -0.384. The van der Waals surface area contributed by atoms with E-state index in [-0.39, 0.29) is 10.7 Å². The first-order valence-corrected chi connectivity index (χ1v) is 6.19. The molecule has 0 atom stereocenters. The van der Waals surface area contributed by atoms with E-state index >= 15 is 0 Å². The molecule has 20 heavy (non-hydrogen) atoms. The Labute approximate surface area is 120 Å². The molecule has 1 N–H and O–H groups in total. The summed E-state index contributed by atoms with van der Waals surface area (Å²) in [6.07, 6.45) is 1.69. The van der Waals surface area contributed by atoms with Crippen LogP contribution < -0.4 is 10.1 Å². The lowest BCUT2D eigenvalue weighted by atomic mass is 10.3. The maximum Gasteiger partial charge on any atom is 0.271 e. The van der Waals surface area contributed by atoms with E-state index in [9.17, 15) is 10.1 Å². The van der Waals surface area contributed by atoms with Crippen molar-refractivity contribution in [2.24, 2.45) is 0 Å². The van der Waals surface area contributed by atoms with Gasteiger partial charge in [0.2, 0.25) is 5.88 Å². The molecule has 7 heteroatoms. The molecule has 0 radical (unpaired) electrons. The largest absolute Gasteiger partial charge is 0.437 e. The van der Waals surface area contributed by atoms with Crippen molar-refractivity contribution in [1.82, 2.24) is 10.3 Å². The highest BCUT2D eigenvalue weighted by atomic mass is 35.5. The second-order valence-electron chi connectivity index (χ2n) is 4.01. The van der Waals surface area contributed by atoms with Crippen molar-refractivity contribution in [3.05, 3.63) is 57.2 Å². The highest BCUT2D eigenvalue weighted by Gasteiger charge is 2.11. The highest BCUT2D eigenvalue weighted by molar-refractivity contribution is 6.32. The lowest BCUT2D eigenvalue weighted by Gasteiger charge is -2.07. The predicted molar refractivity (Wildman–Crippen MR) is 75.2 cm³/mol. The summed E-state index contributed by atoms with van der Waals surface area (Å²) in [6.45, 7) is 0.714. The van der Waals surface area contributed by atoms with Crippen LogP contribution in [0.25, 0.3) is 0 Å². The molecule has 0 fully saturated rings.